The number of fused-ring (bicyclic) bond motifs is 1. The fourth-order valence-electron chi connectivity index (χ4n) is 3.71. The van der Waals surface area contributed by atoms with Crippen LogP contribution in [0.1, 0.15) is 23.1 Å². The van der Waals surface area contributed by atoms with E-state index in [-0.39, 0.29) is 0 Å². The Morgan fingerprint density at radius 2 is 1.44 bits per heavy atom. The van der Waals surface area contributed by atoms with Gasteiger partial charge in [0.1, 0.15) is 6.61 Å². The van der Waals surface area contributed by atoms with Crippen LogP contribution in [0.25, 0.3) is 0 Å². The van der Waals surface area contributed by atoms with Gasteiger partial charge in [0.15, 0.2) is 11.5 Å². The van der Waals surface area contributed by atoms with Crippen molar-refractivity contribution in [1.29, 1.82) is 0 Å². The molecule has 5 rings (SSSR count). The number of hydrogen-bond donors (Lipinski definition) is 0. The van der Waals surface area contributed by atoms with Crippen LogP contribution in [0.2, 0.25) is 0 Å². The van der Waals surface area contributed by atoms with E-state index in [1.54, 1.807) is 4.68 Å². The fourth-order valence-corrected chi connectivity index (χ4v) is 3.90. The zero-order chi connectivity index (χ0) is 21.8. The Hall–Kier alpha value is -3.42. The van der Waals surface area contributed by atoms with Crippen molar-refractivity contribution in [1.82, 2.24) is 14.7 Å². The number of benzene rings is 3. The molecule has 0 N–H and O–H groups in total. The standard InChI is InChI=1S/C25H23N3O3S/c32-25-28(26-24(31-25)23-17-29-21-13-7-8-14-22(21)30-23)18-27(15-19-9-3-1-4-10-19)16-20-11-5-2-6-12-20/h1-14,23H,15-18H2/t23-/m1/s1. The van der Waals surface area contributed by atoms with E-state index in [0.717, 1.165) is 18.8 Å². The summed E-state index contributed by atoms with van der Waals surface area (Å²) in [5.41, 5.74) is 2.44. The molecule has 2 heterocycles. The predicted octanol–water partition coefficient (Wildman–Crippen LogP) is 5.38. The highest BCUT2D eigenvalue weighted by molar-refractivity contribution is 7.71. The number of rotatable bonds is 7. The third-order valence-electron chi connectivity index (χ3n) is 5.24. The molecule has 0 fully saturated rings. The summed E-state index contributed by atoms with van der Waals surface area (Å²) in [6, 6.07) is 28.3. The molecule has 0 spiro atoms. The molecule has 1 aliphatic rings. The lowest BCUT2D eigenvalue weighted by Crippen LogP contribution is -2.27. The second-order valence-corrected chi connectivity index (χ2v) is 8.02. The zero-order valence-corrected chi connectivity index (χ0v) is 18.3. The Labute approximate surface area is 191 Å². The molecule has 0 aliphatic carbocycles. The van der Waals surface area contributed by atoms with Gasteiger partial charge in [0.25, 0.3) is 10.7 Å². The van der Waals surface area contributed by atoms with Gasteiger partial charge in [0, 0.05) is 13.1 Å². The zero-order valence-electron chi connectivity index (χ0n) is 17.5. The van der Waals surface area contributed by atoms with Gasteiger partial charge < -0.3 is 13.9 Å². The number of nitrogens with zero attached hydrogens (tertiary/aromatic N) is 3. The molecular weight excluding hydrogens is 422 g/mol. The molecule has 0 saturated heterocycles. The van der Waals surface area contributed by atoms with Crippen LogP contribution in [0.4, 0.5) is 0 Å². The molecule has 7 heteroatoms. The second-order valence-electron chi connectivity index (χ2n) is 7.67. The number of hydrogen-bond acceptors (Lipinski definition) is 6. The highest BCUT2D eigenvalue weighted by atomic mass is 32.1. The molecule has 0 unspecified atom stereocenters. The van der Waals surface area contributed by atoms with Crippen LogP contribution in [0.3, 0.4) is 0 Å². The molecule has 4 aromatic rings. The first-order valence-corrected chi connectivity index (χ1v) is 10.9. The molecule has 162 valence electrons. The van der Waals surface area contributed by atoms with Crippen LogP contribution in [-0.4, -0.2) is 21.3 Å². The largest absolute Gasteiger partial charge is 0.485 e. The van der Waals surface area contributed by atoms with Crippen LogP contribution >= 0.6 is 12.2 Å². The monoisotopic (exact) mass is 445 g/mol. The predicted molar refractivity (Wildman–Crippen MR) is 123 cm³/mol. The summed E-state index contributed by atoms with van der Waals surface area (Å²) in [5.74, 6) is 1.82. The lowest BCUT2D eigenvalue weighted by Gasteiger charge is -2.24. The van der Waals surface area contributed by atoms with Gasteiger partial charge in [-0.1, -0.05) is 72.8 Å². The third kappa shape index (κ3) is 4.74. The van der Waals surface area contributed by atoms with Gasteiger partial charge in [0.05, 0.1) is 6.67 Å². The minimum absolute atomic E-state index is 0.314. The minimum Gasteiger partial charge on any atom is -0.485 e. The maximum absolute atomic E-state index is 6.03. The summed E-state index contributed by atoms with van der Waals surface area (Å²) in [4.78, 5) is 2.59. The van der Waals surface area contributed by atoms with Crippen LogP contribution in [0.5, 0.6) is 11.5 Å². The van der Waals surface area contributed by atoms with Crippen molar-refractivity contribution in [2.75, 3.05) is 6.61 Å². The van der Waals surface area contributed by atoms with Crippen molar-refractivity contribution < 1.29 is 13.9 Å². The van der Waals surface area contributed by atoms with E-state index in [1.807, 2.05) is 60.7 Å². The molecular formula is C25H23N3O3S. The van der Waals surface area contributed by atoms with Gasteiger partial charge in [-0.25, -0.2) is 4.68 Å². The van der Waals surface area contributed by atoms with E-state index in [0.29, 0.717) is 29.8 Å². The van der Waals surface area contributed by atoms with E-state index < -0.39 is 6.10 Å². The highest BCUT2D eigenvalue weighted by Crippen LogP contribution is 2.35. The van der Waals surface area contributed by atoms with E-state index in [4.69, 9.17) is 26.1 Å². The van der Waals surface area contributed by atoms with E-state index in [2.05, 4.69) is 34.3 Å². The number of aromatic nitrogens is 2. The second kappa shape index (κ2) is 9.38. The summed E-state index contributed by atoms with van der Waals surface area (Å²) in [5, 5.41) is 4.63. The highest BCUT2D eigenvalue weighted by Gasteiger charge is 2.27. The van der Waals surface area contributed by atoms with E-state index in [1.165, 1.54) is 11.1 Å². The van der Waals surface area contributed by atoms with Gasteiger partial charge in [-0.3, -0.25) is 4.90 Å². The summed E-state index contributed by atoms with van der Waals surface area (Å²) in [7, 11) is 0. The first-order valence-electron chi connectivity index (χ1n) is 10.5. The molecule has 0 radical (unpaired) electrons. The SMILES string of the molecule is S=c1oc([C@H]2COc3ccccc3O2)nn1CN(Cc1ccccc1)Cc1ccccc1. The van der Waals surface area contributed by atoms with Crippen molar-refractivity contribution in [2.24, 2.45) is 0 Å². The lowest BCUT2D eigenvalue weighted by molar-refractivity contribution is 0.0706. The molecule has 6 nitrogen and oxygen atoms in total. The summed E-state index contributed by atoms with van der Waals surface area (Å²) in [6.45, 7) is 2.34. The summed E-state index contributed by atoms with van der Waals surface area (Å²) in [6.07, 6.45) is -0.440. The van der Waals surface area contributed by atoms with Crippen LogP contribution in [0, 0.1) is 4.84 Å². The van der Waals surface area contributed by atoms with Crippen LogP contribution in [0.15, 0.2) is 89.3 Å². The molecule has 1 aliphatic heterocycles. The van der Waals surface area contributed by atoms with Crippen molar-refractivity contribution >= 4 is 12.2 Å². The number of para-hydroxylation sites is 2. The average molecular weight is 446 g/mol. The Morgan fingerprint density at radius 3 is 2.09 bits per heavy atom. The quantitative estimate of drug-likeness (QED) is 0.356. The van der Waals surface area contributed by atoms with Crippen LogP contribution in [-0.2, 0) is 19.8 Å². The maximum atomic E-state index is 6.03. The van der Waals surface area contributed by atoms with E-state index >= 15 is 0 Å². The van der Waals surface area contributed by atoms with E-state index in [9.17, 15) is 0 Å². The molecule has 0 saturated carbocycles. The molecule has 3 aromatic carbocycles. The van der Waals surface area contributed by atoms with Gasteiger partial charge in [0.2, 0.25) is 6.10 Å². The Kier molecular flexibility index (Phi) is 6.00. The maximum Gasteiger partial charge on any atom is 0.288 e. The average Bonchev–Trinajstić information content (AvgIpc) is 3.20. The molecule has 32 heavy (non-hydrogen) atoms. The summed E-state index contributed by atoms with van der Waals surface area (Å²) < 4.78 is 19.3. The molecule has 1 atom stereocenters. The molecule has 1 aromatic heterocycles. The van der Waals surface area contributed by atoms with Gasteiger partial charge in [-0.2, -0.15) is 0 Å². The first kappa shape index (κ1) is 20.5. The van der Waals surface area contributed by atoms with Crippen molar-refractivity contribution in [2.45, 2.75) is 25.9 Å². The summed E-state index contributed by atoms with van der Waals surface area (Å²) >= 11 is 5.48. The lowest BCUT2D eigenvalue weighted by atomic mass is 10.2. The van der Waals surface area contributed by atoms with Crippen molar-refractivity contribution in [3.63, 3.8) is 0 Å². The van der Waals surface area contributed by atoms with Crippen LogP contribution < -0.4 is 9.47 Å². The van der Waals surface area contributed by atoms with Gasteiger partial charge in [-0.15, -0.1) is 5.10 Å². The van der Waals surface area contributed by atoms with Gasteiger partial charge in [-0.05, 0) is 35.5 Å². The van der Waals surface area contributed by atoms with Crippen molar-refractivity contribution in [3.05, 3.63) is 107 Å². The van der Waals surface area contributed by atoms with Crippen molar-refractivity contribution in [3.8, 4) is 11.5 Å². The fraction of sp³-hybridized carbons (Fsp3) is 0.200. The van der Waals surface area contributed by atoms with Gasteiger partial charge >= 0.3 is 0 Å². The smallest absolute Gasteiger partial charge is 0.288 e. The third-order valence-corrected chi connectivity index (χ3v) is 5.53. The number of ether oxygens (including phenoxy) is 2. The molecule has 0 bridgehead atoms. The Morgan fingerprint density at radius 1 is 0.844 bits per heavy atom. The Balaban J connectivity index is 1.35. The normalized spacial score (nSPS) is 15.1. The topological polar surface area (TPSA) is 52.7 Å². The molecule has 0 amide bonds. The first-order chi connectivity index (χ1) is 15.7. The minimum atomic E-state index is -0.440. The Bertz CT molecular complexity index is 1180.